The third-order valence-corrected chi connectivity index (χ3v) is 3.06. The number of hydrogen-bond acceptors (Lipinski definition) is 3. The van der Waals surface area contributed by atoms with Crippen LogP contribution in [0.4, 0.5) is 0 Å². The van der Waals surface area contributed by atoms with Gasteiger partial charge in [-0.05, 0) is 26.7 Å². The molecule has 2 aromatic rings. The van der Waals surface area contributed by atoms with Crippen LogP contribution >= 0.6 is 0 Å². The quantitative estimate of drug-likeness (QED) is 0.721. The van der Waals surface area contributed by atoms with Crippen LogP contribution in [0.5, 0.6) is 0 Å². The molecule has 3 rings (SSSR count). The standard InChI is InChI=1S/C12H13N3O/c1-7-11-9(6-16)5-15(10-3-4-10)12(11)14-8(2)13-7/h5-6,10H,3-4H2,1-2H3. The summed E-state index contributed by atoms with van der Waals surface area (Å²) >= 11 is 0. The molecule has 16 heavy (non-hydrogen) atoms. The Balaban J connectivity index is 2.39. The average molecular weight is 215 g/mol. The highest BCUT2D eigenvalue weighted by molar-refractivity contribution is 5.97. The van der Waals surface area contributed by atoms with Crippen LogP contribution in [-0.4, -0.2) is 20.8 Å². The van der Waals surface area contributed by atoms with Crippen LogP contribution in [0.3, 0.4) is 0 Å². The second-order valence-corrected chi connectivity index (χ2v) is 4.40. The minimum Gasteiger partial charge on any atom is -0.329 e. The van der Waals surface area contributed by atoms with E-state index in [4.69, 9.17) is 0 Å². The molecule has 0 aromatic carbocycles. The summed E-state index contributed by atoms with van der Waals surface area (Å²) in [6.45, 7) is 3.82. The molecular weight excluding hydrogens is 202 g/mol. The Kier molecular flexibility index (Phi) is 1.87. The van der Waals surface area contributed by atoms with Crippen molar-refractivity contribution in [1.82, 2.24) is 14.5 Å². The maximum atomic E-state index is 11.0. The Morgan fingerprint density at radius 2 is 2.12 bits per heavy atom. The van der Waals surface area contributed by atoms with Crippen LogP contribution in [0.2, 0.25) is 0 Å². The third kappa shape index (κ3) is 1.26. The van der Waals surface area contributed by atoms with E-state index < -0.39 is 0 Å². The number of hydrogen-bond donors (Lipinski definition) is 0. The Morgan fingerprint density at radius 1 is 1.38 bits per heavy atom. The van der Waals surface area contributed by atoms with Crippen molar-refractivity contribution in [2.24, 2.45) is 0 Å². The van der Waals surface area contributed by atoms with Gasteiger partial charge in [0.2, 0.25) is 0 Å². The summed E-state index contributed by atoms with van der Waals surface area (Å²) < 4.78 is 2.13. The van der Waals surface area contributed by atoms with E-state index >= 15 is 0 Å². The number of aryl methyl sites for hydroxylation is 2. The van der Waals surface area contributed by atoms with Crippen molar-refractivity contribution in [3.05, 3.63) is 23.3 Å². The van der Waals surface area contributed by atoms with Crippen molar-refractivity contribution in [2.45, 2.75) is 32.7 Å². The number of rotatable bonds is 2. The second-order valence-electron chi connectivity index (χ2n) is 4.40. The molecule has 1 saturated carbocycles. The van der Waals surface area contributed by atoms with Crippen LogP contribution in [0.25, 0.3) is 11.0 Å². The van der Waals surface area contributed by atoms with Crippen LogP contribution in [0.1, 0.15) is 40.8 Å². The molecule has 0 spiro atoms. The Hall–Kier alpha value is -1.71. The van der Waals surface area contributed by atoms with E-state index in [1.54, 1.807) is 0 Å². The number of carbonyl (C=O) groups excluding carboxylic acids is 1. The van der Waals surface area contributed by atoms with Gasteiger partial charge < -0.3 is 4.57 Å². The fraction of sp³-hybridized carbons (Fsp3) is 0.417. The smallest absolute Gasteiger partial charge is 0.152 e. The van der Waals surface area contributed by atoms with Crippen LogP contribution < -0.4 is 0 Å². The summed E-state index contributed by atoms with van der Waals surface area (Å²) in [5, 5.41) is 0.910. The van der Waals surface area contributed by atoms with E-state index in [0.29, 0.717) is 11.6 Å². The first-order valence-corrected chi connectivity index (χ1v) is 5.51. The average Bonchev–Trinajstić information content (AvgIpc) is 3.00. The minimum atomic E-state index is 0.532. The highest BCUT2D eigenvalue weighted by atomic mass is 16.1. The van der Waals surface area contributed by atoms with Gasteiger partial charge in [-0.2, -0.15) is 0 Å². The molecule has 1 aliphatic carbocycles. The molecule has 2 heterocycles. The maximum absolute atomic E-state index is 11.0. The lowest BCUT2D eigenvalue weighted by Gasteiger charge is -2.03. The van der Waals surface area contributed by atoms with Gasteiger partial charge in [-0.3, -0.25) is 4.79 Å². The van der Waals surface area contributed by atoms with Gasteiger partial charge in [0.15, 0.2) is 6.29 Å². The van der Waals surface area contributed by atoms with Gasteiger partial charge in [0, 0.05) is 17.8 Å². The monoisotopic (exact) mass is 215 g/mol. The summed E-state index contributed by atoms with van der Waals surface area (Å²) in [6.07, 6.45) is 5.18. The van der Waals surface area contributed by atoms with Crippen molar-refractivity contribution in [2.75, 3.05) is 0 Å². The predicted octanol–water partition coefficient (Wildman–Crippen LogP) is 2.20. The van der Waals surface area contributed by atoms with Gasteiger partial charge >= 0.3 is 0 Å². The fourth-order valence-corrected chi connectivity index (χ4v) is 2.22. The Labute approximate surface area is 93.3 Å². The first kappa shape index (κ1) is 9.51. The molecule has 4 nitrogen and oxygen atoms in total. The largest absolute Gasteiger partial charge is 0.329 e. The van der Waals surface area contributed by atoms with Crippen molar-refractivity contribution < 1.29 is 4.79 Å². The molecule has 1 aliphatic rings. The van der Waals surface area contributed by atoms with Crippen molar-refractivity contribution in [1.29, 1.82) is 0 Å². The van der Waals surface area contributed by atoms with E-state index in [0.717, 1.165) is 28.8 Å². The molecule has 0 bridgehead atoms. The number of aromatic nitrogens is 3. The zero-order chi connectivity index (χ0) is 11.3. The van der Waals surface area contributed by atoms with Crippen LogP contribution in [-0.2, 0) is 0 Å². The maximum Gasteiger partial charge on any atom is 0.152 e. The summed E-state index contributed by atoms with van der Waals surface area (Å²) in [5.41, 5.74) is 2.51. The lowest BCUT2D eigenvalue weighted by atomic mass is 10.2. The molecule has 82 valence electrons. The zero-order valence-corrected chi connectivity index (χ0v) is 9.40. The van der Waals surface area contributed by atoms with Crippen molar-refractivity contribution in [3.63, 3.8) is 0 Å². The third-order valence-electron chi connectivity index (χ3n) is 3.06. The first-order chi connectivity index (χ1) is 7.70. The predicted molar refractivity (Wildman–Crippen MR) is 60.7 cm³/mol. The minimum absolute atomic E-state index is 0.532. The highest BCUT2D eigenvalue weighted by Crippen LogP contribution is 2.38. The zero-order valence-electron chi connectivity index (χ0n) is 9.40. The van der Waals surface area contributed by atoms with Gasteiger partial charge in [0.05, 0.1) is 11.1 Å². The topological polar surface area (TPSA) is 47.8 Å². The first-order valence-electron chi connectivity index (χ1n) is 5.51. The molecule has 0 amide bonds. The highest BCUT2D eigenvalue weighted by Gasteiger charge is 2.27. The molecule has 1 fully saturated rings. The summed E-state index contributed by atoms with van der Waals surface area (Å²) in [4.78, 5) is 19.8. The van der Waals surface area contributed by atoms with E-state index in [-0.39, 0.29) is 0 Å². The van der Waals surface area contributed by atoms with Crippen molar-refractivity contribution in [3.8, 4) is 0 Å². The molecule has 4 heteroatoms. The molecule has 0 aliphatic heterocycles. The molecule has 0 atom stereocenters. The van der Waals surface area contributed by atoms with Gasteiger partial charge in [-0.15, -0.1) is 0 Å². The summed E-state index contributed by atoms with van der Waals surface area (Å²) in [5.74, 6) is 0.766. The number of carbonyl (C=O) groups is 1. The van der Waals surface area contributed by atoms with Crippen LogP contribution in [0, 0.1) is 13.8 Å². The lowest BCUT2D eigenvalue weighted by Crippen LogP contribution is -1.97. The van der Waals surface area contributed by atoms with Gasteiger partial charge in [0.1, 0.15) is 11.5 Å². The molecule has 0 N–H and O–H groups in total. The lowest BCUT2D eigenvalue weighted by molar-refractivity contribution is 0.112. The van der Waals surface area contributed by atoms with E-state index in [1.165, 1.54) is 12.8 Å². The SMILES string of the molecule is Cc1nc(C)c2c(C=O)cn(C3CC3)c2n1. The van der Waals surface area contributed by atoms with Crippen molar-refractivity contribution >= 4 is 17.3 Å². The van der Waals surface area contributed by atoms with Gasteiger partial charge in [-0.25, -0.2) is 9.97 Å². The Bertz CT molecular complexity index is 581. The van der Waals surface area contributed by atoms with E-state index in [9.17, 15) is 4.79 Å². The summed E-state index contributed by atoms with van der Waals surface area (Å²) in [6, 6.07) is 0.532. The Morgan fingerprint density at radius 3 is 2.75 bits per heavy atom. The molecule has 0 saturated heterocycles. The molecule has 0 radical (unpaired) electrons. The van der Waals surface area contributed by atoms with Crippen LogP contribution in [0.15, 0.2) is 6.20 Å². The number of nitrogens with zero attached hydrogens (tertiary/aromatic N) is 3. The molecular formula is C12H13N3O. The normalized spacial score (nSPS) is 15.6. The second kappa shape index (κ2) is 3.14. The summed E-state index contributed by atoms with van der Waals surface area (Å²) in [7, 11) is 0. The van der Waals surface area contributed by atoms with Gasteiger partial charge in [-0.1, -0.05) is 0 Å². The number of fused-ring (bicyclic) bond motifs is 1. The van der Waals surface area contributed by atoms with E-state index in [2.05, 4.69) is 14.5 Å². The van der Waals surface area contributed by atoms with E-state index in [1.807, 2.05) is 20.0 Å². The molecule has 2 aromatic heterocycles. The fourth-order valence-electron chi connectivity index (χ4n) is 2.22. The molecule has 0 unspecified atom stereocenters. The number of aldehydes is 1. The van der Waals surface area contributed by atoms with Gasteiger partial charge in [0.25, 0.3) is 0 Å².